The number of nitrogens with zero attached hydrogens (tertiary/aromatic N) is 1. The Hall–Kier alpha value is -1.87. The average Bonchev–Trinajstić information content (AvgIpc) is 2.41. The van der Waals surface area contributed by atoms with Gasteiger partial charge in [-0.2, -0.15) is 0 Å². The van der Waals surface area contributed by atoms with E-state index in [1.54, 1.807) is 6.20 Å². The van der Waals surface area contributed by atoms with Crippen molar-refractivity contribution in [3.05, 3.63) is 59.4 Å². The number of rotatable bonds is 4. The molecule has 2 rings (SSSR count). The number of hydrogen-bond acceptors (Lipinski definition) is 3. The monoisotopic (exact) mass is 242 g/mol. The Labute approximate surface area is 108 Å². The number of phenols is 1. The summed E-state index contributed by atoms with van der Waals surface area (Å²) in [4.78, 5) is 4.10. The van der Waals surface area contributed by atoms with Gasteiger partial charge in [-0.05, 0) is 31.0 Å². The molecule has 0 radical (unpaired) electrons. The van der Waals surface area contributed by atoms with Gasteiger partial charge in [-0.3, -0.25) is 4.98 Å². The highest BCUT2D eigenvalue weighted by molar-refractivity contribution is 5.39. The summed E-state index contributed by atoms with van der Waals surface area (Å²) in [5.41, 5.74) is 2.97. The van der Waals surface area contributed by atoms with E-state index in [2.05, 4.69) is 17.2 Å². The lowest BCUT2D eigenvalue weighted by Crippen LogP contribution is -2.18. The Morgan fingerprint density at radius 1 is 1.28 bits per heavy atom. The highest BCUT2D eigenvalue weighted by Gasteiger charge is 2.07. The second kappa shape index (κ2) is 5.65. The molecule has 0 saturated heterocycles. The van der Waals surface area contributed by atoms with Crippen molar-refractivity contribution < 1.29 is 5.11 Å². The molecule has 0 fully saturated rings. The molecule has 0 spiro atoms. The molecule has 3 nitrogen and oxygen atoms in total. The van der Waals surface area contributed by atoms with Crippen LogP contribution in [0.25, 0.3) is 0 Å². The molecule has 0 bridgehead atoms. The van der Waals surface area contributed by atoms with E-state index < -0.39 is 0 Å². The maximum absolute atomic E-state index is 9.93. The second-order valence-electron chi connectivity index (χ2n) is 4.47. The third-order valence-electron chi connectivity index (χ3n) is 3.10. The fourth-order valence-electron chi connectivity index (χ4n) is 1.88. The van der Waals surface area contributed by atoms with Crippen LogP contribution in [0.3, 0.4) is 0 Å². The van der Waals surface area contributed by atoms with Gasteiger partial charge in [0.15, 0.2) is 0 Å². The first-order valence-corrected chi connectivity index (χ1v) is 6.09. The van der Waals surface area contributed by atoms with Crippen molar-refractivity contribution in [2.24, 2.45) is 0 Å². The summed E-state index contributed by atoms with van der Waals surface area (Å²) in [6.45, 7) is 4.64. The van der Waals surface area contributed by atoms with Crippen LogP contribution in [-0.4, -0.2) is 10.1 Å². The third kappa shape index (κ3) is 2.87. The van der Waals surface area contributed by atoms with Crippen LogP contribution >= 0.6 is 0 Å². The molecule has 0 aliphatic carbocycles. The minimum Gasteiger partial charge on any atom is -0.507 e. The number of benzene rings is 1. The van der Waals surface area contributed by atoms with E-state index >= 15 is 0 Å². The normalized spacial score (nSPS) is 12.3. The predicted octanol–water partition coefficient (Wildman–Crippen LogP) is 2.95. The fourth-order valence-corrected chi connectivity index (χ4v) is 1.88. The largest absolute Gasteiger partial charge is 0.507 e. The zero-order valence-electron chi connectivity index (χ0n) is 10.7. The van der Waals surface area contributed by atoms with Crippen LogP contribution in [0.5, 0.6) is 5.75 Å². The molecule has 1 heterocycles. The minimum atomic E-state index is 0.207. The molecule has 94 valence electrons. The lowest BCUT2D eigenvalue weighted by Gasteiger charge is -2.15. The highest BCUT2D eigenvalue weighted by Crippen LogP contribution is 2.22. The molecule has 2 aromatic rings. The van der Waals surface area contributed by atoms with E-state index in [1.165, 1.54) is 0 Å². The zero-order chi connectivity index (χ0) is 13.0. The number of pyridine rings is 1. The molecule has 0 saturated carbocycles. The summed E-state index contributed by atoms with van der Waals surface area (Å²) in [6, 6.07) is 9.98. The fraction of sp³-hybridized carbons (Fsp3) is 0.267. The van der Waals surface area contributed by atoms with Gasteiger partial charge in [-0.15, -0.1) is 0 Å². The number of aromatic hydroxyl groups is 1. The van der Waals surface area contributed by atoms with Crippen molar-refractivity contribution in [3.63, 3.8) is 0 Å². The Kier molecular flexibility index (Phi) is 3.95. The maximum Gasteiger partial charge on any atom is 0.122 e. The number of phenolic OH excluding ortho intramolecular Hbond substituents is 1. The molecule has 0 unspecified atom stereocenters. The van der Waals surface area contributed by atoms with Crippen LogP contribution in [0.4, 0.5) is 0 Å². The number of para-hydroxylation sites is 1. The molecule has 1 atom stereocenters. The summed E-state index contributed by atoms with van der Waals surface area (Å²) in [5.74, 6) is 0.378. The first kappa shape index (κ1) is 12.6. The lowest BCUT2D eigenvalue weighted by molar-refractivity contribution is 0.456. The van der Waals surface area contributed by atoms with Gasteiger partial charge in [0.05, 0.1) is 0 Å². The van der Waals surface area contributed by atoms with Gasteiger partial charge in [0, 0.05) is 30.5 Å². The minimum absolute atomic E-state index is 0.207. The smallest absolute Gasteiger partial charge is 0.122 e. The van der Waals surface area contributed by atoms with Crippen LogP contribution in [0, 0.1) is 6.92 Å². The van der Waals surface area contributed by atoms with Crippen LogP contribution in [0.2, 0.25) is 0 Å². The van der Waals surface area contributed by atoms with Gasteiger partial charge < -0.3 is 10.4 Å². The van der Waals surface area contributed by atoms with Gasteiger partial charge in [0.2, 0.25) is 0 Å². The maximum atomic E-state index is 9.93. The van der Waals surface area contributed by atoms with Gasteiger partial charge in [-0.25, -0.2) is 0 Å². The van der Waals surface area contributed by atoms with E-state index in [0.717, 1.165) is 16.7 Å². The topological polar surface area (TPSA) is 45.2 Å². The van der Waals surface area contributed by atoms with Gasteiger partial charge >= 0.3 is 0 Å². The van der Waals surface area contributed by atoms with Crippen LogP contribution < -0.4 is 5.32 Å². The summed E-state index contributed by atoms with van der Waals surface area (Å²) in [5, 5.41) is 13.3. The number of aromatic nitrogens is 1. The van der Waals surface area contributed by atoms with Gasteiger partial charge in [-0.1, -0.05) is 24.3 Å². The van der Waals surface area contributed by atoms with E-state index in [1.807, 2.05) is 43.5 Å². The van der Waals surface area contributed by atoms with Crippen molar-refractivity contribution >= 4 is 0 Å². The SMILES string of the molecule is Cc1cccc(CN[C@@H](C)c2cccnc2)c1O. The van der Waals surface area contributed by atoms with Crippen LogP contribution in [-0.2, 0) is 6.54 Å². The Balaban J connectivity index is 2.02. The standard InChI is InChI=1S/C15H18N2O/c1-11-5-3-6-14(15(11)18)10-17-12(2)13-7-4-8-16-9-13/h3-9,12,17-18H,10H2,1-2H3/t12-/m0/s1. The van der Waals surface area contributed by atoms with E-state index in [-0.39, 0.29) is 6.04 Å². The summed E-state index contributed by atoms with van der Waals surface area (Å²) >= 11 is 0. The average molecular weight is 242 g/mol. The van der Waals surface area contributed by atoms with Gasteiger partial charge in [0.25, 0.3) is 0 Å². The molecular weight excluding hydrogens is 224 g/mol. The van der Waals surface area contributed by atoms with Crippen molar-refractivity contribution in [2.45, 2.75) is 26.4 Å². The first-order chi connectivity index (χ1) is 8.68. The van der Waals surface area contributed by atoms with Crippen molar-refractivity contribution in [1.29, 1.82) is 0 Å². The first-order valence-electron chi connectivity index (χ1n) is 6.09. The van der Waals surface area contributed by atoms with E-state index in [0.29, 0.717) is 12.3 Å². The Bertz CT molecular complexity index is 511. The van der Waals surface area contributed by atoms with E-state index in [9.17, 15) is 5.11 Å². The predicted molar refractivity (Wildman–Crippen MR) is 72.3 cm³/mol. The highest BCUT2D eigenvalue weighted by atomic mass is 16.3. The quantitative estimate of drug-likeness (QED) is 0.866. The Morgan fingerprint density at radius 2 is 2.11 bits per heavy atom. The second-order valence-corrected chi connectivity index (χ2v) is 4.47. The lowest BCUT2D eigenvalue weighted by atomic mass is 10.1. The Morgan fingerprint density at radius 3 is 2.83 bits per heavy atom. The molecule has 2 N–H and O–H groups in total. The summed E-state index contributed by atoms with van der Waals surface area (Å²) < 4.78 is 0. The van der Waals surface area contributed by atoms with Gasteiger partial charge in [0.1, 0.15) is 5.75 Å². The van der Waals surface area contributed by atoms with Crippen molar-refractivity contribution in [1.82, 2.24) is 10.3 Å². The molecule has 1 aromatic carbocycles. The number of hydrogen-bond donors (Lipinski definition) is 2. The molecule has 0 amide bonds. The summed E-state index contributed by atoms with van der Waals surface area (Å²) in [7, 11) is 0. The zero-order valence-corrected chi connectivity index (χ0v) is 10.7. The molecular formula is C15H18N2O. The number of nitrogens with one attached hydrogen (secondary N) is 1. The molecule has 0 aliphatic rings. The number of aryl methyl sites for hydroxylation is 1. The van der Waals surface area contributed by atoms with Crippen LogP contribution in [0.15, 0.2) is 42.7 Å². The van der Waals surface area contributed by atoms with Crippen LogP contribution in [0.1, 0.15) is 29.7 Å². The molecule has 18 heavy (non-hydrogen) atoms. The van der Waals surface area contributed by atoms with Crippen molar-refractivity contribution in [3.8, 4) is 5.75 Å². The molecule has 0 aliphatic heterocycles. The van der Waals surface area contributed by atoms with Crippen molar-refractivity contribution in [2.75, 3.05) is 0 Å². The molecule has 1 aromatic heterocycles. The third-order valence-corrected chi connectivity index (χ3v) is 3.10. The summed E-state index contributed by atoms with van der Waals surface area (Å²) in [6.07, 6.45) is 3.62. The molecule has 3 heteroatoms. The van der Waals surface area contributed by atoms with E-state index in [4.69, 9.17) is 0 Å².